The molecule has 3 nitrogen and oxygen atoms in total. The maximum Gasteiger partial charge on any atom is 0.146 e. The molecule has 0 fully saturated rings. The Morgan fingerprint density at radius 1 is 1.09 bits per heavy atom. The van der Waals surface area contributed by atoms with E-state index in [0.717, 1.165) is 13.0 Å². The van der Waals surface area contributed by atoms with Gasteiger partial charge in [0.15, 0.2) is 0 Å². The van der Waals surface area contributed by atoms with Crippen molar-refractivity contribution in [3.05, 3.63) is 0 Å². The number of hydrogen-bond acceptors (Lipinski definition) is 4. The molecule has 0 saturated heterocycles. The molecule has 11 heavy (non-hydrogen) atoms. The monoisotopic (exact) mass is 179 g/mol. The molecule has 0 unspecified atom stereocenters. The van der Waals surface area contributed by atoms with E-state index in [0.29, 0.717) is 25.8 Å². The zero-order valence-corrected chi connectivity index (χ0v) is 7.69. The zero-order chi connectivity index (χ0) is 8.36. The molecular formula is C7H15O3S-. The summed E-state index contributed by atoms with van der Waals surface area (Å²) in [7, 11) is 1.67. The highest BCUT2D eigenvalue weighted by Gasteiger charge is 1.86. The van der Waals surface area contributed by atoms with E-state index in [9.17, 15) is 0 Å². The van der Waals surface area contributed by atoms with Gasteiger partial charge in [-0.25, -0.2) is 0 Å². The Balaban J connectivity index is 2.69. The van der Waals surface area contributed by atoms with E-state index in [1.54, 1.807) is 7.11 Å². The Labute approximate surface area is 73.4 Å². The lowest BCUT2D eigenvalue weighted by Crippen LogP contribution is -2.05. The lowest BCUT2D eigenvalue weighted by atomic mass is 10.5. The van der Waals surface area contributed by atoms with Gasteiger partial charge >= 0.3 is 0 Å². The third kappa shape index (κ3) is 10.2. The summed E-state index contributed by atoms with van der Waals surface area (Å²) in [6, 6.07) is 0. The quantitative estimate of drug-likeness (QED) is 0.309. The molecule has 0 rings (SSSR count). The molecule has 0 aromatic rings. The van der Waals surface area contributed by atoms with Crippen LogP contribution in [0.1, 0.15) is 6.42 Å². The van der Waals surface area contributed by atoms with Crippen molar-refractivity contribution in [2.24, 2.45) is 0 Å². The van der Waals surface area contributed by atoms with Crippen LogP contribution in [-0.2, 0) is 26.8 Å². The van der Waals surface area contributed by atoms with Gasteiger partial charge in [0, 0.05) is 20.3 Å². The zero-order valence-electron chi connectivity index (χ0n) is 6.88. The van der Waals surface area contributed by atoms with E-state index in [1.165, 1.54) is 0 Å². The summed E-state index contributed by atoms with van der Waals surface area (Å²) < 4.78 is 14.9. The van der Waals surface area contributed by atoms with Gasteiger partial charge in [0.25, 0.3) is 0 Å². The maximum atomic E-state index is 5.09. The minimum atomic E-state index is 0.348. The fourth-order valence-electron chi connectivity index (χ4n) is 0.541. The van der Waals surface area contributed by atoms with E-state index < -0.39 is 0 Å². The molecule has 68 valence electrons. The summed E-state index contributed by atoms with van der Waals surface area (Å²) in [4.78, 5) is 0. The minimum Gasteiger partial charge on any atom is -0.790 e. The molecule has 0 aliphatic carbocycles. The molecule has 0 aromatic heterocycles. The lowest BCUT2D eigenvalue weighted by Gasteiger charge is -2.06. The summed E-state index contributed by atoms with van der Waals surface area (Å²) in [6.07, 6.45) is 0.910. The molecule has 0 spiro atoms. The lowest BCUT2D eigenvalue weighted by molar-refractivity contribution is -0.0521. The molecule has 0 aliphatic rings. The van der Waals surface area contributed by atoms with Gasteiger partial charge in [-0.2, -0.15) is 5.75 Å². The molecule has 0 atom stereocenters. The molecule has 0 amide bonds. The van der Waals surface area contributed by atoms with Gasteiger partial charge in [0.2, 0.25) is 0 Å². The van der Waals surface area contributed by atoms with Crippen LogP contribution in [0.25, 0.3) is 0 Å². The normalized spacial score (nSPS) is 10.4. The SMILES string of the molecule is COCCCOCOCC[S-]. The molecular weight excluding hydrogens is 164 g/mol. The first-order valence-corrected chi connectivity index (χ1v) is 4.22. The minimum absolute atomic E-state index is 0.348. The second-order valence-corrected chi connectivity index (χ2v) is 2.39. The van der Waals surface area contributed by atoms with Gasteiger partial charge in [-0.15, -0.1) is 0 Å². The van der Waals surface area contributed by atoms with Gasteiger partial charge in [-0.1, -0.05) is 0 Å². The average molecular weight is 179 g/mol. The van der Waals surface area contributed by atoms with Crippen LogP contribution in [0.2, 0.25) is 0 Å². The van der Waals surface area contributed by atoms with Gasteiger partial charge < -0.3 is 26.8 Å². The van der Waals surface area contributed by atoms with Crippen LogP contribution >= 0.6 is 0 Å². The Bertz CT molecular complexity index is 62.7. The van der Waals surface area contributed by atoms with Crippen LogP contribution < -0.4 is 0 Å². The highest BCUT2D eigenvalue weighted by Crippen LogP contribution is 1.84. The first-order valence-electron chi connectivity index (χ1n) is 3.64. The van der Waals surface area contributed by atoms with Crippen LogP contribution in [0, 0.1) is 0 Å². The summed E-state index contributed by atoms with van der Waals surface area (Å²) in [6.45, 7) is 2.37. The second-order valence-electron chi connectivity index (χ2n) is 1.98. The van der Waals surface area contributed by atoms with Crippen molar-refractivity contribution in [1.82, 2.24) is 0 Å². The first-order chi connectivity index (χ1) is 5.41. The largest absolute Gasteiger partial charge is 0.790 e. The molecule has 0 aliphatic heterocycles. The number of methoxy groups -OCH3 is 1. The van der Waals surface area contributed by atoms with Crippen molar-refractivity contribution >= 4 is 12.6 Å². The van der Waals surface area contributed by atoms with E-state index in [1.807, 2.05) is 0 Å². The fourth-order valence-corrected chi connectivity index (χ4v) is 0.659. The number of ether oxygens (including phenoxy) is 3. The van der Waals surface area contributed by atoms with Gasteiger partial charge in [-0.05, 0) is 6.42 Å². The molecule has 0 N–H and O–H groups in total. The third-order valence-electron chi connectivity index (χ3n) is 1.03. The summed E-state index contributed by atoms with van der Waals surface area (Å²) in [5, 5.41) is 0. The first kappa shape index (κ1) is 11.2. The molecule has 0 radical (unpaired) electrons. The summed E-state index contributed by atoms with van der Waals surface area (Å²) in [5.41, 5.74) is 0. The van der Waals surface area contributed by atoms with Gasteiger partial charge in [0.1, 0.15) is 6.79 Å². The van der Waals surface area contributed by atoms with Crippen LogP contribution in [0.3, 0.4) is 0 Å². The topological polar surface area (TPSA) is 27.7 Å². The Morgan fingerprint density at radius 2 is 1.82 bits per heavy atom. The van der Waals surface area contributed by atoms with E-state index >= 15 is 0 Å². The molecule has 0 saturated carbocycles. The molecule has 0 bridgehead atoms. The Morgan fingerprint density at radius 3 is 2.45 bits per heavy atom. The molecule has 0 heterocycles. The standard InChI is InChI=1S/C7H16O3S/c1-8-3-2-4-9-7-10-5-6-11/h11H,2-7H2,1H3/p-1. The Kier molecular flexibility index (Phi) is 10.4. The average Bonchev–Trinajstić information content (AvgIpc) is 2.03. The van der Waals surface area contributed by atoms with E-state index in [4.69, 9.17) is 14.2 Å². The highest BCUT2D eigenvalue weighted by molar-refractivity contribution is 7.58. The summed E-state index contributed by atoms with van der Waals surface area (Å²) >= 11 is 4.67. The van der Waals surface area contributed by atoms with Crippen molar-refractivity contribution in [3.8, 4) is 0 Å². The smallest absolute Gasteiger partial charge is 0.146 e. The van der Waals surface area contributed by atoms with Crippen molar-refractivity contribution in [2.45, 2.75) is 6.42 Å². The van der Waals surface area contributed by atoms with Crippen molar-refractivity contribution in [2.75, 3.05) is 39.5 Å². The highest BCUT2D eigenvalue weighted by atomic mass is 32.1. The van der Waals surface area contributed by atoms with Gasteiger partial charge in [0.05, 0.1) is 6.61 Å². The van der Waals surface area contributed by atoms with Crippen molar-refractivity contribution < 1.29 is 14.2 Å². The molecule has 4 heteroatoms. The third-order valence-corrected chi connectivity index (χ3v) is 1.20. The predicted octanol–water partition coefficient (Wildman–Crippen LogP) is 0.560. The van der Waals surface area contributed by atoms with Crippen LogP contribution in [-0.4, -0.2) is 39.5 Å². The van der Waals surface area contributed by atoms with Crippen molar-refractivity contribution in [1.29, 1.82) is 0 Å². The predicted molar refractivity (Wildman–Crippen MR) is 45.5 cm³/mol. The maximum absolute atomic E-state index is 5.09. The van der Waals surface area contributed by atoms with Crippen molar-refractivity contribution in [3.63, 3.8) is 0 Å². The van der Waals surface area contributed by atoms with E-state index in [2.05, 4.69) is 12.6 Å². The number of hydrogen-bond donors (Lipinski definition) is 0. The van der Waals surface area contributed by atoms with Crippen LogP contribution in [0.4, 0.5) is 0 Å². The summed E-state index contributed by atoms with van der Waals surface area (Å²) in [5.74, 6) is 0.626. The van der Waals surface area contributed by atoms with Crippen LogP contribution in [0.5, 0.6) is 0 Å². The second kappa shape index (κ2) is 10.2. The van der Waals surface area contributed by atoms with E-state index in [-0.39, 0.29) is 0 Å². The Hall–Kier alpha value is 0.230. The molecule has 0 aromatic carbocycles. The van der Waals surface area contributed by atoms with Crippen LogP contribution in [0.15, 0.2) is 0 Å². The number of rotatable bonds is 8. The van der Waals surface area contributed by atoms with Gasteiger partial charge in [-0.3, -0.25) is 0 Å². The fraction of sp³-hybridized carbons (Fsp3) is 1.00.